The molecule has 0 aromatic heterocycles. The van der Waals surface area contributed by atoms with E-state index in [-0.39, 0.29) is 0 Å². The fourth-order valence-electron chi connectivity index (χ4n) is 2.35. The Labute approximate surface area is 74.9 Å². The first-order valence-corrected chi connectivity index (χ1v) is 5.11. The Balaban J connectivity index is 1.83. The predicted octanol–water partition coefficient (Wildman–Crippen LogP) is 1.65. The lowest BCUT2D eigenvalue weighted by Crippen LogP contribution is -2.35. The second-order valence-electron chi connectivity index (χ2n) is 4.16. The van der Waals surface area contributed by atoms with E-state index in [0.717, 1.165) is 6.61 Å². The molecule has 12 heavy (non-hydrogen) atoms. The second-order valence-corrected chi connectivity index (χ2v) is 4.16. The molecule has 0 spiro atoms. The third kappa shape index (κ3) is 1.50. The molecule has 1 aliphatic carbocycles. The van der Waals surface area contributed by atoms with Gasteiger partial charge in [-0.2, -0.15) is 0 Å². The van der Waals surface area contributed by atoms with Crippen molar-refractivity contribution in [1.82, 2.24) is 4.90 Å². The van der Waals surface area contributed by atoms with Gasteiger partial charge in [-0.15, -0.1) is 0 Å². The summed E-state index contributed by atoms with van der Waals surface area (Å²) in [6.07, 6.45) is 6.90. The smallest absolute Gasteiger partial charge is 0.0479 e. The van der Waals surface area contributed by atoms with Crippen LogP contribution in [-0.2, 0) is 4.74 Å². The van der Waals surface area contributed by atoms with Gasteiger partial charge in [0.1, 0.15) is 0 Å². The summed E-state index contributed by atoms with van der Waals surface area (Å²) in [5, 5.41) is 0. The van der Waals surface area contributed by atoms with Crippen LogP contribution in [0.5, 0.6) is 0 Å². The summed E-state index contributed by atoms with van der Waals surface area (Å²) in [6.45, 7) is 3.62. The molecule has 1 saturated heterocycles. The third-order valence-electron chi connectivity index (χ3n) is 3.38. The molecule has 2 rings (SSSR count). The second kappa shape index (κ2) is 3.35. The minimum Gasteiger partial charge on any atom is -0.385 e. The van der Waals surface area contributed by atoms with Crippen molar-refractivity contribution in [3.8, 4) is 0 Å². The molecule has 0 N–H and O–H groups in total. The molecule has 0 bridgehead atoms. The standard InChI is InChI=1S/C10H19NO/c1-12-9-6-10(4-5-10)11-7-2-3-8-11/h2-9H2,1H3. The van der Waals surface area contributed by atoms with E-state index in [0.29, 0.717) is 5.54 Å². The van der Waals surface area contributed by atoms with Gasteiger partial charge in [-0.1, -0.05) is 0 Å². The molecule has 0 aromatic rings. The lowest BCUT2D eigenvalue weighted by Gasteiger charge is -2.26. The van der Waals surface area contributed by atoms with Gasteiger partial charge in [-0.05, 0) is 45.2 Å². The predicted molar refractivity (Wildman–Crippen MR) is 49.3 cm³/mol. The van der Waals surface area contributed by atoms with Gasteiger partial charge >= 0.3 is 0 Å². The number of hydrogen-bond acceptors (Lipinski definition) is 2. The monoisotopic (exact) mass is 169 g/mol. The molecular formula is C10H19NO. The minimum absolute atomic E-state index is 0.590. The van der Waals surface area contributed by atoms with Gasteiger partial charge in [0.25, 0.3) is 0 Å². The van der Waals surface area contributed by atoms with E-state index in [4.69, 9.17) is 4.74 Å². The summed E-state index contributed by atoms with van der Waals surface area (Å²) in [4.78, 5) is 2.69. The van der Waals surface area contributed by atoms with Crippen molar-refractivity contribution in [3.05, 3.63) is 0 Å². The van der Waals surface area contributed by atoms with E-state index >= 15 is 0 Å². The van der Waals surface area contributed by atoms with Crippen LogP contribution in [0.1, 0.15) is 32.1 Å². The number of methoxy groups -OCH3 is 1. The summed E-state index contributed by atoms with van der Waals surface area (Å²) in [7, 11) is 1.81. The highest BCUT2D eigenvalue weighted by Gasteiger charge is 2.47. The first kappa shape index (κ1) is 8.52. The topological polar surface area (TPSA) is 12.5 Å². The molecule has 0 unspecified atom stereocenters. The first-order valence-electron chi connectivity index (χ1n) is 5.11. The molecule has 1 aliphatic heterocycles. The van der Waals surface area contributed by atoms with Crippen LogP contribution in [0, 0.1) is 0 Å². The number of likely N-dealkylation sites (tertiary alicyclic amines) is 1. The summed E-state index contributed by atoms with van der Waals surface area (Å²) in [5.74, 6) is 0. The zero-order valence-electron chi connectivity index (χ0n) is 8.01. The van der Waals surface area contributed by atoms with Crippen LogP contribution >= 0.6 is 0 Å². The Morgan fingerprint density at radius 3 is 2.42 bits per heavy atom. The van der Waals surface area contributed by atoms with E-state index in [1.54, 1.807) is 7.11 Å². The number of hydrogen-bond donors (Lipinski definition) is 0. The van der Waals surface area contributed by atoms with Gasteiger partial charge in [0.05, 0.1) is 0 Å². The molecule has 70 valence electrons. The highest BCUT2D eigenvalue weighted by Crippen LogP contribution is 2.46. The Morgan fingerprint density at radius 1 is 1.25 bits per heavy atom. The van der Waals surface area contributed by atoms with Crippen molar-refractivity contribution >= 4 is 0 Å². The van der Waals surface area contributed by atoms with Crippen LogP contribution < -0.4 is 0 Å². The third-order valence-corrected chi connectivity index (χ3v) is 3.38. The zero-order chi connectivity index (χ0) is 8.44. The lowest BCUT2D eigenvalue weighted by atomic mass is 10.1. The summed E-state index contributed by atoms with van der Waals surface area (Å²) < 4.78 is 5.15. The molecule has 2 heteroatoms. The Bertz CT molecular complexity index is 148. The van der Waals surface area contributed by atoms with E-state index in [9.17, 15) is 0 Å². The van der Waals surface area contributed by atoms with Gasteiger partial charge < -0.3 is 4.74 Å². The van der Waals surface area contributed by atoms with Crippen molar-refractivity contribution in [3.63, 3.8) is 0 Å². The minimum atomic E-state index is 0.590. The van der Waals surface area contributed by atoms with E-state index in [2.05, 4.69) is 4.90 Å². The van der Waals surface area contributed by atoms with Crippen molar-refractivity contribution < 1.29 is 4.74 Å². The molecule has 0 aromatic carbocycles. The van der Waals surface area contributed by atoms with Crippen LogP contribution in [0.2, 0.25) is 0 Å². The van der Waals surface area contributed by atoms with Crippen molar-refractivity contribution in [2.24, 2.45) is 0 Å². The van der Waals surface area contributed by atoms with Crippen LogP contribution in [0.4, 0.5) is 0 Å². The molecule has 0 atom stereocenters. The number of nitrogens with zero attached hydrogens (tertiary/aromatic N) is 1. The van der Waals surface area contributed by atoms with Gasteiger partial charge in [-0.3, -0.25) is 4.90 Å². The van der Waals surface area contributed by atoms with E-state index in [1.807, 2.05) is 0 Å². The first-order chi connectivity index (χ1) is 5.87. The largest absolute Gasteiger partial charge is 0.385 e. The van der Waals surface area contributed by atoms with Crippen molar-refractivity contribution in [2.75, 3.05) is 26.8 Å². The highest BCUT2D eigenvalue weighted by atomic mass is 16.5. The molecular weight excluding hydrogens is 150 g/mol. The Kier molecular flexibility index (Phi) is 2.37. The van der Waals surface area contributed by atoms with Gasteiger partial charge in [0, 0.05) is 19.3 Å². The molecule has 0 radical (unpaired) electrons. The summed E-state index contributed by atoms with van der Waals surface area (Å²) in [5.41, 5.74) is 0.590. The average molecular weight is 169 g/mol. The van der Waals surface area contributed by atoms with Crippen LogP contribution in [0.25, 0.3) is 0 Å². The zero-order valence-corrected chi connectivity index (χ0v) is 8.01. The maximum absolute atomic E-state index is 5.15. The normalized spacial score (nSPS) is 27.8. The quantitative estimate of drug-likeness (QED) is 0.634. The Hall–Kier alpha value is -0.0800. The fraction of sp³-hybridized carbons (Fsp3) is 1.00. The van der Waals surface area contributed by atoms with E-state index < -0.39 is 0 Å². The molecule has 1 saturated carbocycles. The maximum atomic E-state index is 5.15. The lowest BCUT2D eigenvalue weighted by molar-refractivity contribution is 0.134. The fourth-order valence-corrected chi connectivity index (χ4v) is 2.35. The number of ether oxygens (including phenoxy) is 1. The van der Waals surface area contributed by atoms with Crippen molar-refractivity contribution in [1.29, 1.82) is 0 Å². The molecule has 2 aliphatic rings. The number of rotatable bonds is 4. The van der Waals surface area contributed by atoms with Crippen LogP contribution in [-0.4, -0.2) is 37.2 Å². The maximum Gasteiger partial charge on any atom is 0.0479 e. The van der Waals surface area contributed by atoms with Gasteiger partial charge in [0.2, 0.25) is 0 Å². The van der Waals surface area contributed by atoms with Crippen LogP contribution in [0.3, 0.4) is 0 Å². The molecule has 0 amide bonds. The van der Waals surface area contributed by atoms with Gasteiger partial charge in [-0.25, -0.2) is 0 Å². The molecule has 1 heterocycles. The molecule has 2 nitrogen and oxygen atoms in total. The average Bonchev–Trinajstić information content (AvgIpc) is 2.66. The van der Waals surface area contributed by atoms with E-state index in [1.165, 1.54) is 45.2 Å². The summed E-state index contributed by atoms with van der Waals surface area (Å²) in [6, 6.07) is 0. The molecule has 2 fully saturated rings. The Morgan fingerprint density at radius 2 is 1.92 bits per heavy atom. The van der Waals surface area contributed by atoms with Gasteiger partial charge in [0.15, 0.2) is 0 Å². The van der Waals surface area contributed by atoms with Crippen LogP contribution in [0.15, 0.2) is 0 Å². The highest BCUT2D eigenvalue weighted by molar-refractivity contribution is 5.04. The SMILES string of the molecule is COCCC1(N2CCCC2)CC1. The van der Waals surface area contributed by atoms with Crippen molar-refractivity contribution in [2.45, 2.75) is 37.6 Å². The summed E-state index contributed by atoms with van der Waals surface area (Å²) >= 11 is 0.